The van der Waals surface area contributed by atoms with Crippen molar-refractivity contribution in [1.82, 2.24) is 4.98 Å². The van der Waals surface area contributed by atoms with Gasteiger partial charge in [-0.1, -0.05) is 5.46 Å². The van der Waals surface area contributed by atoms with Crippen molar-refractivity contribution in [3.63, 3.8) is 0 Å². The van der Waals surface area contributed by atoms with E-state index in [-0.39, 0.29) is 0 Å². The number of nitrogens with zero attached hydrogens (tertiary/aromatic N) is 1. The molecule has 2 radical (unpaired) electrons. The third-order valence-electron chi connectivity index (χ3n) is 2.12. The van der Waals surface area contributed by atoms with Gasteiger partial charge in [0.15, 0.2) is 0 Å². The van der Waals surface area contributed by atoms with E-state index >= 15 is 0 Å². The molecular weight excluding hydrogens is 175 g/mol. The van der Waals surface area contributed by atoms with Gasteiger partial charge >= 0.3 is 0 Å². The Hall–Kier alpha value is -1.75. The van der Waals surface area contributed by atoms with Crippen LogP contribution in [0.15, 0.2) is 24.4 Å². The number of fused-ring (bicyclic) bond motifs is 1. The second-order valence-corrected chi connectivity index (χ2v) is 3.00. The standard InChI is InChI=1S/C9H9BN4/c10-8-4-13-9(11)6-2-1-5(14-12)3-7(6)8/h1-4,14H,12H2,(H2,11,13). The molecule has 0 saturated carbocycles. The normalized spacial score (nSPS) is 10.4. The molecule has 1 heterocycles. The van der Waals surface area contributed by atoms with Crippen LogP contribution < -0.4 is 22.5 Å². The van der Waals surface area contributed by atoms with Crippen LogP contribution in [0.5, 0.6) is 0 Å². The molecule has 1 aromatic carbocycles. The number of rotatable bonds is 1. The monoisotopic (exact) mass is 184 g/mol. The number of benzene rings is 1. The van der Waals surface area contributed by atoms with Crippen LogP contribution in [0.1, 0.15) is 0 Å². The van der Waals surface area contributed by atoms with E-state index in [1.165, 1.54) is 6.20 Å². The van der Waals surface area contributed by atoms with Gasteiger partial charge in [0.2, 0.25) is 0 Å². The quantitative estimate of drug-likeness (QED) is 0.328. The van der Waals surface area contributed by atoms with Gasteiger partial charge in [0.1, 0.15) is 13.7 Å². The Morgan fingerprint density at radius 3 is 2.79 bits per heavy atom. The van der Waals surface area contributed by atoms with E-state index in [4.69, 9.17) is 19.4 Å². The highest BCUT2D eigenvalue weighted by molar-refractivity contribution is 6.39. The third kappa shape index (κ3) is 1.27. The summed E-state index contributed by atoms with van der Waals surface area (Å²) in [5.74, 6) is 5.76. The lowest BCUT2D eigenvalue weighted by molar-refractivity contribution is 1.35. The Morgan fingerprint density at radius 1 is 1.29 bits per heavy atom. The largest absolute Gasteiger partial charge is 0.383 e. The molecule has 0 amide bonds. The Labute approximate surface area is 82.7 Å². The number of aromatic nitrogens is 1. The summed E-state index contributed by atoms with van der Waals surface area (Å²) < 4.78 is 0. The number of anilines is 2. The molecule has 0 aliphatic rings. The first-order valence-electron chi connectivity index (χ1n) is 4.12. The van der Waals surface area contributed by atoms with Gasteiger partial charge in [-0.3, -0.25) is 5.84 Å². The molecule has 2 rings (SSSR count). The number of nitrogens with two attached hydrogens (primary N) is 2. The fourth-order valence-electron chi connectivity index (χ4n) is 1.37. The predicted molar refractivity (Wildman–Crippen MR) is 59.4 cm³/mol. The topological polar surface area (TPSA) is 77.0 Å². The van der Waals surface area contributed by atoms with Crippen molar-refractivity contribution in [2.45, 2.75) is 0 Å². The van der Waals surface area contributed by atoms with Gasteiger partial charge < -0.3 is 11.2 Å². The molecule has 14 heavy (non-hydrogen) atoms. The van der Waals surface area contributed by atoms with E-state index in [0.717, 1.165) is 16.5 Å². The van der Waals surface area contributed by atoms with Gasteiger partial charge in [0.25, 0.3) is 0 Å². The second-order valence-electron chi connectivity index (χ2n) is 3.00. The number of pyridine rings is 1. The van der Waals surface area contributed by atoms with Crippen molar-refractivity contribution < 1.29 is 0 Å². The van der Waals surface area contributed by atoms with Crippen molar-refractivity contribution in [3.8, 4) is 0 Å². The molecule has 0 fully saturated rings. The van der Waals surface area contributed by atoms with Crippen LogP contribution in [0.4, 0.5) is 11.5 Å². The summed E-state index contributed by atoms with van der Waals surface area (Å²) in [7, 11) is 5.76. The highest BCUT2D eigenvalue weighted by Gasteiger charge is 2.02. The van der Waals surface area contributed by atoms with Gasteiger partial charge in [-0.25, -0.2) is 4.98 Å². The molecule has 0 unspecified atom stereocenters. The first-order chi connectivity index (χ1) is 6.72. The first-order valence-corrected chi connectivity index (χ1v) is 4.12. The summed E-state index contributed by atoms with van der Waals surface area (Å²) in [5, 5.41) is 1.69. The lowest BCUT2D eigenvalue weighted by Crippen LogP contribution is -2.10. The number of hydrogen-bond acceptors (Lipinski definition) is 4. The van der Waals surface area contributed by atoms with Gasteiger partial charge in [-0.2, -0.15) is 0 Å². The van der Waals surface area contributed by atoms with E-state index in [9.17, 15) is 0 Å². The van der Waals surface area contributed by atoms with Crippen molar-refractivity contribution in [3.05, 3.63) is 24.4 Å². The number of hydrogen-bond donors (Lipinski definition) is 3. The number of hydrazine groups is 1. The number of nitrogen functional groups attached to an aromatic ring is 2. The molecule has 0 aliphatic heterocycles. The van der Waals surface area contributed by atoms with E-state index in [0.29, 0.717) is 11.3 Å². The Balaban J connectivity index is 2.80. The van der Waals surface area contributed by atoms with Crippen molar-refractivity contribution in [2.24, 2.45) is 5.84 Å². The summed E-state index contributed by atoms with van der Waals surface area (Å²) in [4.78, 5) is 3.96. The Kier molecular flexibility index (Phi) is 2.01. The van der Waals surface area contributed by atoms with Gasteiger partial charge in [0, 0.05) is 17.3 Å². The maximum Gasteiger partial charge on any atom is 0.131 e. The minimum atomic E-state index is 0.470. The zero-order valence-electron chi connectivity index (χ0n) is 7.49. The predicted octanol–water partition coefficient (Wildman–Crippen LogP) is -0.104. The van der Waals surface area contributed by atoms with Crippen molar-refractivity contribution in [2.75, 3.05) is 11.2 Å². The molecule has 0 bridgehead atoms. The molecule has 0 saturated heterocycles. The molecule has 5 N–H and O–H groups in total. The molecule has 5 heteroatoms. The van der Waals surface area contributed by atoms with E-state index < -0.39 is 0 Å². The molecule has 0 spiro atoms. The lowest BCUT2D eigenvalue weighted by Gasteiger charge is -2.07. The van der Waals surface area contributed by atoms with Crippen molar-refractivity contribution >= 4 is 35.6 Å². The average molecular weight is 184 g/mol. The van der Waals surface area contributed by atoms with Crippen LogP contribution in [0.25, 0.3) is 10.8 Å². The molecule has 1 aromatic heterocycles. The summed E-state index contributed by atoms with van der Waals surface area (Å²) >= 11 is 0. The van der Waals surface area contributed by atoms with Crippen LogP contribution in [0.3, 0.4) is 0 Å². The Bertz CT molecular complexity index is 483. The zero-order valence-corrected chi connectivity index (χ0v) is 7.49. The fraction of sp³-hybridized carbons (Fsp3) is 0. The van der Waals surface area contributed by atoms with Crippen LogP contribution in [-0.4, -0.2) is 12.8 Å². The SMILES string of the molecule is [B]c1cnc(N)c2ccc(NN)cc12. The summed E-state index contributed by atoms with van der Waals surface area (Å²) in [6, 6.07) is 5.49. The van der Waals surface area contributed by atoms with Crippen LogP contribution in [-0.2, 0) is 0 Å². The summed E-state index contributed by atoms with van der Waals surface area (Å²) in [5.41, 5.74) is 9.62. The van der Waals surface area contributed by atoms with E-state index in [2.05, 4.69) is 10.4 Å². The summed E-state index contributed by atoms with van der Waals surface area (Å²) in [6.07, 6.45) is 1.54. The van der Waals surface area contributed by atoms with Gasteiger partial charge in [-0.05, 0) is 23.6 Å². The van der Waals surface area contributed by atoms with Crippen LogP contribution in [0, 0.1) is 0 Å². The molecule has 2 aromatic rings. The highest BCUT2D eigenvalue weighted by atomic mass is 15.2. The summed E-state index contributed by atoms with van der Waals surface area (Å²) in [6.45, 7) is 0. The smallest absolute Gasteiger partial charge is 0.131 e. The van der Waals surface area contributed by atoms with E-state index in [1.54, 1.807) is 0 Å². The molecular formula is C9H9BN4. The van der Waals surface area contributed by atoms with Crippen LogP contribution in [0.2, 0.25) is 0 Å². The maximum atomic E-state index is 5.76. The number of nitrogens with one attached hydrogen (secondary N) is 1. The molecule has 68 valence electrons. The van der Waals surface area contributed by atoms with E-state index in [1.807, 2.05) is 18.2 Å². The fourth-order valence-corrected chi connectivity index (χ4v) is 1.37. The zero-order chi connectivity index (χ0) is 10.1. The van der Waals surface area contributed by atoms with Crippen molar-refractivity contribution in [1.29, 1.82) is 0 Å². The second kappa shape index (κ2) is 3.19. The third-order valence-corrected chi connectivity index (χ3v) is 2.12. The maximum absolute atomic E-state index is 5.76. The first kappa shape index (κ1) is 8.84. The molecule has 0 aliphatic carbocycles. The molecule has 0 atom stereocenters. The lowest BCUT2D eigenvalue weighted by atomic mass is 9.92. The minimum absolute atomic E-state index is 0.470. The molecule has 4 nitrogen and oxygen atoms in total. The minimum Gasteiger partial charge on any atom is -0.383 e. The average Bonchev–Trinajstić information content (AvgIpc) is 2.23. The van der Waals surface area contributed by atoms with Gasteiger partial charge in [-0.15, -0.1) is 0 Å². The van der Waals surface area contributed by atoms with Crippen LogP contribution >= 0.6 is 0 Å². The Morgan fingerprint density at radius 2 is 2.07 bits per heavy atom. The van der Waals surface area contributed by atoms with Gasteiger partial charge in [0.05, 0.1) is 0 Å². The highest BCUT2D eigenvalue weighted by Crippen LogP contribution is 2.20.